The lowest BCUT2D eigenvalue weighted by molar-refractivity contribution is 0.352. The highest BCUT2D eigenvalue weighted by Gasteiger charge is 2.21. The third-order valence-corrected chi connectivity index (χ3v) is 3.59. The number of hydrogen-bond acceptors (Lipinski definition) is 3. The van der Waals surface area contributed by atoms with Gasteiger partial charge in [-0.2, -0.15) is 0 Å². The molecule has 0 unspecified atom stereocenters. The van der Waals surface area contributed by atoms with Crippen LogP contribution in [-0.2, 0) is 0 Å². The summed E-state index contributed by atoms with van der Waals surface area (Å²) in [6.07, 6.45) is 3.60. The fourth-order valence-electron chi connectivity index (χ4n) is 2.29. The Bertz CT molecular complexity index is 389. The lowest BCUT2D eigenvalue weighted by Crippen LogP contribution is -2.27. The van der Waals surface area contributed by atoms with E-state index in [1.54, 1.807) is 14.2 Å². The zero-order valence-corrected chi connectivity index (χ0v) is 11.0. The largest absolute Gasteiger partial charge is 0.493 e. The van der Waals surface area contributed by atoms with Crippen LogP contribution in [0.25, 0.3) is 0 Å². The van der Waals surface area contributed by atoms with Gasteiger partial charge >= 0.3 is 0 Å². The first-order valence-electron chi connectivity index (χ1n) is 5.91. The maximum Gasteiger partial charge on any atom is 0.179 e. The van der Waals surface area contributed by atoms with Gasteiger partial charge in [0.05, 0.1) is 19.2 Å². The van der Waals surface area contributed by atoms with Gasteiger partial charge in [-0.1, -0.05) is 24.1 Å². The first kappa shape index (κ1) is 12.5. The van der Waals surface area contributed by atoms with E-state index in [0.717, 1.165) is 18.5 Å². The Labute approximate surface area is 107 Å². The molecule has 94 valence electrons. The zero-order valence-electron chi connectivity index (χ0n) is 10.3. The van der Waals surface area contributed by atoms with Crippen LogP contribution in [0.2, 0.25) is 5.02 Å². The number of piperidine rings is 1. The molecule has 0 bridgehead atoms. The third-order valence-electron chi connectivity index (χ3n) is 3.20. The van der Waals surface area contributed by atoms with Crippen molar-refractivity contribution in [1.29, 1.82) is 0 Å². The molecule has 1 aliphatic heterocycles. The van der Waals surface area contributed by atoms with Gasteiger partial charge in [-0.3, -0.25) is 0 Å². The van der Waals surface area contributed by atoms with Crippen molar-refractivity contribution in [3.63, 3.8) is 0 Å². The van der Waals surface area contributed by atoms with Crippen LogP contribution in [0.3, 0.4) is 0 Å². The summed E-state index contributed by atoms with van der Waals surface area (Å²) in [6.45, 7) is 1.05. The molecular formula is C13H18ClNO2. The molecule has 1 fully saturated rings. The van der Waals surface area contributed by atoms with Gasteiger partial charge in [-0.25, -0.2) is 0 Å². The van der Waals surface area contributed by atoms with Crippen molar-refractivity contribution in [2.24, 2.45) is 0 Å². The SMILES string of the molecule is COc1ccc([C@H]2CCCCN2)c(Cl)c1OC. The van der Waals surface area contributed by atoms with Gasteiger partial charge in [0.2, 0.25) is 0 Å². The Morgan fingerprint density at radius 3 is 2.65 bits per heavy atom. The van der Waals surface area contributed by atoms with Crippen molar-refractivity contribution in [3.05, 3.63) is 22.7 Å². The van der Waals surface area contributed by atoms with Crippen LogP contribution in [0.4, 0.5) is 0 Å². The highest BCUT2D eigenvalue weighted by molar-refractivity contribution is 6.33. The Balaban J connectivity index is 2.34. The van der Waals surface area contributed by atoms with Gasteiger partial charge in [-0.05, 0) is 31.0 Å². The maximum atomic E-state index is 6.38. The lowest BCUT2D eigenvalue weighted by Gasteiger charge is -2.25. The van der Waals surface area contributed by atoms with Gasteiger partial charge in [0.1, 0.15) is 0 Å². The minimum Gasteiger partial charge on any atom is -0.493 e. The van der Waals surface area contributed by atoms with E-state index >= 15 is 0 Å². The van der Waals surface area contributed by atoms with Crippen LogP contribution in [-0.4, -0.2) is 20.8 Å². The molecule has 1 aromatic carbocycles. The number of rotatable bonds is 3. The molecular weight excluding hydrogens is 238 g/mol. The number of methoxy groups -OCH3 is 2. The molecule has 0 amide bonds. The summed E-state index contributed by atoms with van der Waals surface area (Å²) >= 11 is 6.38. The molecule has 1 atom stereocenters. The highest BCUT2D eigenvalue weighted by Crippen LogP contribution is 2.40. The maximum absolute atomic E-state index is 6.38. The Hall–Kier alpha value is -0.930. The summed E-state index contributed by atoms with van der Waals surface area (Å²) in [6, 6.07) is 4.26. The highest BCUT2D eigenvalue weighted by atomic mass is 35.5. The predicted octanol–water partition coefficient (Wildman–Crippen LogP) is 3.17. The van der Waals surface area contributed by atoms with Gasteiger partial charge in [0, 0.05) is 6.04 Å². The molecule has 0 spiro atoms. The van der Waals surface area contributed by atoms with E-state index in [2.05, 4.69) is 5.32 Å². The summed E-state index contributed by atoms with van der Waals surface area (Å²) < 4.78 is 10.5. The smallest absolute Gasteiger partial charge is 0.179 e. The van der Waals surface area contributed by atoms with E-state index in [-0.39, 0.29) is 0 Å². The lowest BCUT2D eigenvalue weighted by atomic mass is 9.97. The van der Waals surface area contributed by atoms with Crippen LogP contribution < -0.4 is 14.8 Å². The van der Waals surface area contributed by atoms with Gasteiger partial charge < -0.3 is 14.8 Å². The number of hydrogen-bond donors (Lipinski definition) is 1. The van der Waals surface area contributed by atoms with E-state index in [9.17, 15) is 0 Å². The summed E-state index contributed by atoms with van der Waals surface area (Å²) in [4.78, 5) is 0. The van der Waals surface area contributed by atoms with E-state index < -0.39 is 0 Å². The van der Waals surface area contributed by atoms with Crippen molar-refractivity contribution >= 4 is 11.6 Å². The van der Waals surface area contributed by atoms with Crippen molar-refractivity contribution in [1.82, 2.24) is 5.32 Å². The monoisotopic (exact) mass is 255 g/mol. The summed E-state index contributed by atoms with van der Waals surface area (Å²) in [7, 11) is 3.23. The van der Waals surface area contributed by atoms with Crippen molar-refractivity contribution in [3.8, 4) is 11.5 Å². The Kier molecular flexibility index (Phi) is 4.13. The molecule has 0 aliphatic carbocycles. The fraction of sp³-hybridized carbons (Fsp3) is 0.538. The Morgan fingerprint density at radius 1 is 1.24 bits per heavy atom. The summed E-state index contributed by atoms with van der Waals surface area (Å²) in [5.74, 6) is 1.30. The quantitative estimate of drug-likeness (QED) is 0.900. The molecule has 17 heavy (non-hydrogen) atoms. The van der Waals surface area contributed by atoms with E-state index in [1.165, 1.54) is 12.8 Å². The molecule has 1 aliphatic rings. The van der Waals surface area contributed by atoms with Crippen LogP contribution in [0.5, 0.6) is 11.5 Å². The minimum atomic E-state index is 0.330. The standard InChI is InChI=1S/C13H18ClNO2/c1-16-11-7-6-9(12(14)13(11)17-2)10-5-3-4-8-15-10/h6-7,10,15H,3-5,8H2,1-2H3/t10-/m1/s1. The number of benzene rings is 1. The van der Waals surface area contributed by atoms with E-state index in [4.69, 9.17) is 21.1 Å². The van der Waals surface area contributed by atoms with Crippen LogP contribution in [0.15, 0.2) is 12.1 Å². The first-order valence-corrected chi connectivity index (χ1v) is 6.29. The number of nitrogens with one attached hydrogen (secondary N) is 1. The molecule has 0 aromatic heterocycles. The molecule has 0 saturated carbocycles. The molecule has 3 nitrogen and oxygen atoms in total. The average Bonchev–Trinajstić information content (AvgIpc) is 2.39. The topological polar surface area (TPSA) is 30.5 Å². The summed E-state index contributed by atoms with van der Waals surface area (Å²) in [5.41, 5.74) is 1.10. The van der Waals surface area contributed by atoms with Crippen LogP contribution in [0, 0.1) is 0 Å². The second-order valence-corrected chi connectivity index (χ2v) is 4.58. The van der Waals surface area contributed by atoms with Crippen molar-refractivity contribution < 1.29 is 9.47 Å². The van der Waals surface area contributed by atoms with Crippen LogP contribution >= 0.6 is 11.6 Å². The molecule has 4 heteroatoms. The number of halogens is 1. The van der Waals surface area contributed by atoms with E-state index in [1.807, 2.05) is 12.1 Å². The molecule has 1 saturated heterocycles. The molecule has 1 N–H and O–H groups in total. The fourth-order valence-corrected chi connectivity index (χ4v) is 2.66. The average molecular weight is 256 g/mol. The van der Waals surface area contributed by atoms with Crippen molar-refractivity contribution in [2.75, 3.05) is 20.8 Å². The normalized spacial score (nSPS) is 20.1. The first-order chi connectivity index (χ1) is 8.27. The zero-order chi connectivity index (χ0) is 12.3. The van der Waals surface area contributed by atoms with Crippen molar-refractivity contribution in [2.45, 2.75) is 25.3 Å². The second kappa shape index (κ2) is 5.61. The molecule has 1 aromatic rings. The van der Waals surface area contributed by atoms with E-state index in [0.29, 0.717) is 22.6 Å². The van der Waals surface area contributed by atoms with Crippen LogP contribution in [0.1, 0.15) is 30.9 Å². The predicted molar refractivity (Wildman–Crippen MR) is 69.2 cm³/mol. The van der Waals surface area contributed by atoms with Gasteiger partial charge in [-0.15, -0.1) is 0 Å². The molecule has 0 radical (unpaired) electrons. The number of ether oxygens (including phenoxy) is 2. The second-order valence-electron chi connectivity index (χ2n) is 4.21. The summed E-state index contributed by atoms with van der Waals surface area (Å²) in [5, 5.41) is 4.14. The Morgan fingerprint density at radius 2 is 2.06 bits per heavy atom. The third kappa shape index (κ3) is 2.50. The minimum absolute atomic E-state index is 0.330. The van der Waals surface area contributed by atoms with Gasteiger partial charge in [0.15, 0.2) is 11.5 Å². The molecule has 2 rings (SSSR count). The van der Waals surface area contributed by atoms with Gasteiger partial charge in [0.25, 0.3) is 0 Å². The molecule has 1 heterocycles.